The zero-order valence-electron chi connectivity index (χ0n) is 14.0. The van der Waals surface area contributed by atoms with Crippen molar-refractivity contribution in [1.29, 1.82) is 0 Å². The van der Waals surface area contributed by atoms with Gasteiger partial charge in [0.2, 0.25) is 11.7 Å². The second-order valence-corrected chi connectivity index (χ2v) is 6.45. The van der Waals surface area contributed by atoms with E-state index in [0.717, 1.165) is 0 Å². The predicted molar refractivity (Wildman–Crippen MR) is 94.3 cm³/mol. The van der Waals surface area contributed by atoms with E-state index in [-0.39, 0.29) is 23.0 Å². The molecule has 0 saturated heterocycles. The molecule has 0 radical (unpaired) electrons. The second-order valence-electron chi connectivity index (χ2n) is 6.01. The summed E-state index contributed by atoms with van der Waals surface area (Å²) < 4.78 is 25.2. The van der Waals surface area contributed by atoms with Gasteiger partial charge >= 0.3 is 6.09 Å². The summed E-state index contributed by atoms with van der Waals surface area (Å²) in [5.74, 6) is 0.362. The lowest BCUT2D eigenvalue weighted by molar-refractivity contribution is 0.186. The Morgan fingerprint density at radius 3 is 2.89 bits per heavy atom. The molecule has 1 amide bonds. The lowest BCUT2D eigenvalue weighted by Gasteiger charge is -2.11. The van der Waals surface area contributed by atoms with Gasteiger partial charge in [-0.15, -0.1) is 0 Å². The maximum Gasteiger partial charge on any atom is 0.405 e. The molecule has 138 valence electrons. The van der Waals surface area contributed by atoms with Crippen LogP contribution in [0.5, 0.6) is 5.75 Å². The van der Waals surface area contributed by atoms with Crippen LogP contribution in [-0.4, -0.2) is 27.9 Å². The molecule has 7 nitrogen and oxygen atoms in total. The van der Waals surface area contributed by atoms with Crippen LogP contribution in [0.2, 0.25) is 5.02 Å². The number of carbonyl (C=O) groups is 1. The Morgan fingerprint density at radius 2 is 2.19 bits per heavy atom. The minimum atomic E-state index is -1.13. The number of halogens is 2. The number of carboxylic acid groups (broad SMARTS) is 1. The molecule has 0 aliphatic carbocycles. The molecule has 3 aromatic rings. The maximum atomic E-state index is 14.7. The van der Waals surface area contributed by atoms with Gasteiger partial charge in [0.15, 0.2) is 0 Å². The highest BCUT2D eigenvalue weighted by Crippen LogP contribution is 2.40. The fourth-order valence-corrected chi connectivity index (χ4v) is 3.28. The molecule has 9 heteroatoms. The number of hydrogen-bond acceptors (Lipinski definition) is 5. The van der Waals surface area contributed by atoms with E-state index in [2.05, 4.69) is 15.5 Å². The van der Waals surface area contributed by atoms with Crippen molar-refractivity contribution in [1.82, 2.24) is 15.5 Å². The summed E-state index contributed by atoms with van der Waals surface area (Å²) in [6.07, 6.45) is -1.13. The number of fused-ring (bicyclic) bond motifs is 1. The topological polar surface area (TPSA) is 97.5 Å². The van der Waals surface area contributed by atoms with E-state index in [1.165, 1.54) is 6.07 Å². The van der Waals surface area contributed by atoms with Crippen molar-refractivity contribution < 1.29 is 23.6 Å². The summed E-state index contributed by atoms with van der Waals surface area (Å²) in [4.78, 5) is 15.0. The summed E-state index contributed by atoms with van der Waals surface area (Å²) >= 11 is 6.05. The zero-order valence-corrected chi connectivity index (χ0v) is 14.7. The van der Waals surface area contributed by atoms with Gasteiger partial charge in [-0.25, -0.2) is 9.18 Å². The summed E-state index contributed by atoms with van der Waals surface area (Å²) in [6.45, 7) is 1.80. The molecule has 1 unspecified atom stereocenters. The van der Waals surface area contributed by atoms with Gasteiger partial charge in [0.1, 0.15) is 18.2 Å². The van der Waals surface area contributed by atoms with Gasteiger partial charge in [-0.3, -0.25) is 0 Å². The van der Waals surface area contributed by atoms with Gasteiger partial charge in [0.05, 0.1) is 11.6 Å². The van der Waals surface area contributed by atoms with Gasteiger partial charge < -0.3 is 19.7 Å². The van der Waals surface area contributed by atoms with Crippen LogP contribution >= 0.6 is 11.6 Å². The third kappa shape index (κ3) is 3.19. The fourth-order valence-electron chi connectivity index (χ4n) is 3.08. The monoisotopic (exact) mass is 389 g/mol. The highest BCUT2D eigenvalue weighted by Gasteiger charge is 2.27. The summed E-state index contributed by atoms with van der Waals surface area (Å²) in [6, 6.07) is 7.52. The number of aryl methyl sites for hydroxylation is 1. The van der Waals surface area contributed by atoms with Crippen LogP contribution < -0.4 is 10.1 Å². The Balaban J connectivity index is 1.82. The van der Waals surface area contributed by atoms with E-state index < -0.39 is 18.0 Å². The molecule has 1 aliphatic heterocycles. The fraction of sp³-hybridized carbons (Fsp3) is 0.167. The van der Waals surface area contributed by atoms with Gasteiger partial charge in [0, 0.05) is 17.5 Å². The molecule has 2 aromatic carbocycles. The van der Waals surface area contributed by atoms with Crippen LogP contribution in [0.25, 0.3) is 22.5 Å². The number of nitrogens with zero attached hydrogens (tertiary/aromatic N) is 2. The first-order chi connectivity index (χ1) is 12.9. The normalized spacial score (nSPS) is 15.3. The predicted octanol–water partition coefficient (Wildman–Crippen LogP) is 4.21. The zero-order chi connectivity index (χ0) is 19.1. The molecular weight excluding hydrogens is 377 g/mol. The molecule has 1 aromatic heterocycles. The van der Waals surface area contributed by atoms with Crippen molar-refractivity contribution in [3.8, 4) is 28.3 Å². The van der Waals surface area contributed by atoms with Crippen molar-refractivity contribution in [2.24, 2.45) is 0 Å². The minimum absolute atomic E-state index is 0.114. The van der Waals surface area contributed by atoms with E-state index in [0.29, 0.717) is 28.3 Å². The number of ether oxygens (including phenoxy) is 1. The summed E-state index contributed by atoms with van der Waals surface area (Å²) in [5.41, 5.74) is 1.97. The van der Waals surface area contributed by atoms with Crippen LogP contribution in [0.1, 0.15) is 17.5 Å². The molecule has 1 atom stereocenters. The maximum absolute atomic E-state index is 14.7. The van der Waals surface area contributed by atoms with Crippen molar-refractivity contribution in [3.63, 3.8) is 0 Å². The standard InChI is InChI=1S/C18H13ClFN3O4/c1-8-21-17(23-27-8)16-12(5-10(19)6-13(16)20)9-2-3-11-14(22-18(24)25)7-26-15(11)4-9/h2-6,14,22H,7H2,1H3,(H,24,25). The van der Waals surface area contributed by atoms with Gasteiger partial charge in [-0.05, 0) is 29.3 Å². The van der Waals surface area contributed by atoms with Crippen LogP contribution in [0, 0.1) is 12.7 Å². The first-order valence-corrected chi connectivity index (χ1v) is 8.36. The van der Waals surface area contributed by atoms with Crippen LogP contribution in [-0.2, 0) is 0 Å². The quantitative estimate of drug-likeness (QED) is 0.696. The lowest BCUT2D eigenvalue weighted by atomic mass is 9.96. The van der Waals surface area contributed by atoms with Crippen molar-refractivity contribution in [3.05, 3.63) is 52.6 Å². The number of rotatable bonds is 3. The Morgan fingerprint density at radius 1 is 1.37 bits per heavy atom. The van der Waals surface area contributed by atoms with E-state index in [9.17, 15) is 9.18 Å². The van der Waals surface area contributed by atoms with Crippen LogP contribution in [0.3, 0.4) is 0 Å². The van der Waals surface area contributed by atoms with Crippen LogP contribution in [0.15, 0.2) is 34.9 Å². The first-order valence-electron chi connectivity index (χ1n) is 7.98. The molecule has 0 fully saturated rings. The van der Waals surface area contributed by atoms with E-state index in [1.54, 1.807) is 31.2 Å². The molecule has 2 N–H and O–H groups in total. The number of hydrogen-bond donors (Lipinski definition) is 2. The molecule has 0 spiro atoms. The Labute approximate surface area is 157 Å². The van der Waals surface area contributed by atoms with E-state index >= 15 is 0 Å². The Hall–Kier alpha value is -3.13. The Bertz CT molecular complexity index is 1050. The smallest absolute Gasteiger partial charge is 0.405 e. The summed E-state index contributed by atoms with van der Waals surface area (Å²) in [5, 5.41) is 15.3. The first kappa shape index (κ1) is 17.3. The van der Waals surface area contributed by atoms with Gasteiger partial charge in [0.25, 0.3) is 0 Å². The number of nitrogens with one attached hydrogen (secondary N) is 1. The third-order valence-corrected chi connectivity index (χ3v) is 4.43. The van der Waals surface area contributed by atoms with Crippen molar-refractivity contribution >= 4 is 17.7 Å². The van der Waals surface area contributed by atoms with Crippen LogP contribution in [0.4, 0.5) is 9.18 Å². The number of aromatic nitrogens is 2. The van der Waals surface area contributed by atoms with E-state index in [1.807, 2.05) is 0 Å². The van der Waals surface area contributed by atoms with Crippen molar-refractivity contribution in [2.75, 3.05) is 6.61 Å². The molecule has 0 saturated carbocycles. The average molecular weight is 390 g/mol. The highest BCUT2D eigenvalue weighted by molar-refractivity contribution is 6.31. The van der Waals surface area contributed by atoms with Gasteiger partial charge in [-0.1, -0.05) is 28.9 Å². The third-order valence-electron chi connectivity index (χ3n) is 4.21. The minimum Gasteiger partial charge on any atom is -0.491 e. The highest BCUT2D eigenvalue weighted by atomic mass is 35.5. The molecule has 1 aliphatic rings. The Kier molecular flexibility index (Phi) is 4.19. The van der Waals surface area contributed by atoms with Crippen molar-refractivity contribution in [2.45, 2.75) is 13.0 Å². The average Bonchev–Trinajstić information content (AvgIpc) is 3.20. The molecule has 0 bridgehead atoms. The second kappa shape index (κ2) is 6.55. The lowest BCUT2D eigenvalue weighted by Crippen LogP contribution is -2.27. The SMILES string of the molecule is Cc1nc(-c2c(F)cc(Cl)cc2-c2ccc3c(c2)OCC3NC(=O)O)no1. The largest absolute Gasteiger partial charge is 0.491 e. The summed E-state index contributed by atoms with van der Waals surface area (Å²) in [7, 11) is 0. The van der Waals surface area contributed by atoms with E-state index in [4.69, 9.17) is 26.0 Å². The molecule has 4 rings (SSSR count). The molecule has 2 heterocycles. The molecular formula is C18H13ClFN3O4. The number of benzene rings is 2. The molecule has 27 heavy (non-hydrogen) atoms. The number of amides is 1. The van der Waals surface area contributed by atoms with Gasteiger partial charge in [-0.2, -0.15) is 4.98 Å².